The second-order valence-corrected chi connectivity index (χ2v) is 6.19. The maximum absolute atomic E-state index is 12.0. The van der Waals surface area contributed by atoms with Gasteiger partial charge in [-0.1, -0.05) is 11.6 Å². The van der Waals surface area contributed by atoms with Crippen molar-refractivity contribution in [3.63, 3.8) is 0 Å². The van der Waals surface area contributed by atoms with Gasteiger partial charge in [0.15, 0.2) is 10.9 Å². The first-order valence-corrected chi connectivity index (χ1v) is 8.21. The highest BCUT2D eigenvalue weighted by atomic mass is 35.5. The minimum atomic E-state index is -0.325. The lowest BCUT2D eigenvalue weighted by atomic mass is 10.3. The van der Waals surface area contributed by atoms with E-state index in [0.717, 1.165) is 0 Å². The average Bonchev–Trinajstić information content (AvgIpc) is 3.24. The van der Waals surface area contributed by atoms with Gasteiger partial charge < -0.3 is 14.7 Å². The molecule has 3 aromatic rings. The summed E-state index contributed by atoms with van der Waals surface area (Å²) < 4.78 is 5.62. The molecule has 7 nitrogen and oxygen atoms in total. The molecule has 0 atom stereocenters. The molecular weight excluding hydrogens is 352 g/mol. The number of H-pyrrole nitrogens is 1. The van der Waals surface area contributed by atoms with Crippen LogP contribution in [0, 0.1) is 0 Å². The average molecular weight is 365 g/mol. The normalized spacial score (nSPS) is 10.6. The topological polar surface area (TPSA) is 100 Å². The third-order valence-electron chi connectivity index (χ3n) is 3.04. The van der Waals surface area contributed by atoms with Crippen molar-refractivity contribution < 1.29 is 14.0 Å². The van der Waals surface area contributed by atoms with Gasteiger partial charge >= 0.3 is 0 Å². The number of nitrogens with zero attached hydrogens (tertiary/aromatic N) is 1. The van der Waals surface area contributed by atoms with Crippen LogP contribution in [0.1, 0.15) is 23.2 Å². The molecule has 0 aliphatic carbocycles. The molecular formula is C15H13ClN4O3S. The van der Waals surface area contributed by atoms with Gasteiger partial charge in [-0.15, -0.1) is 11.3 Å². The Kier molecular flexibility index (Phi) is 4.68. The van der Waals surface area contributed by atoms with Crippen molar-refractivity contribution in [2.45, 2.75) is 13.5 Å². The lowest BCUT2D eigenvalue weighted by Crippen LogP contribution is -2.18. The zero-order valence-corrected chi connectivity index (χ0v) is 14.1. The number of thiazole rings is 1. The van der Waals surface area contributed by atoms with Crippen LogP contribution in [0.4, 0.5) is 5.13 Å². The predicted molar refractivity (Wildman–Crippen MR) is 91.1 cm³/mol. The molecule has 0 aliphatic rings. The van der Waals surface area contributed by atoms with Gasteiger partial charge in [-0.2, -0.15) is 0 Å². The van der Waals surface area contributed by atoms with Gasteiger partial charge in [-0.3, -0.25) is 14.9 Å². The summed E-state index contributed by atoms with van der Waals surface area (Å²) in [5.74, 6) is 0.736. The Bertz CT molecular complexity index is 883. The van der Waals surface area contributed by atoms with Gasteiger partial charge in [-0.05, 0) is 18.2 Å². The molecule has 0 aliphatic heterocycles. The van der Waals surface area contributed by atoms with Crippen molar-refractivity contribution in [2.24, 2.45) is 0 Å². The SMILES string of the molecule is CC(=O)NCc1ccc(-c2csc(NC(=O)c3cc(Cl)c[nH]3)n2)o1. The highest BCUT2D eigenvalue weighted by Gasteiger charge is 2.13. The number of carbonyl (C=O) groups excluding carboxylic acids is 2. The van der Waals surface area contributed by atoms with Crippen molar-refractivity contribution in [1.29, 1.82) is 0 Å². The molecule has 0 spiro atoms. The van der Waals surface area contributed by atoms with Gasteiger partial charge in [0.05, 0.1) is 11.6 Å². The minimum Gasteiger partial charge on any atom is -0.458 e. The largest absolute Gasteiger partial charge is 0.458 e. The van der Waals surface area contributed by atoms with E-state index in [2.05, 4.69) is 20.6 Å². The van der Waals surface area contributed by atoms with E-state index in [1.54, 1.807) is 17.5 Å². The van der Waals surface area contributed by atoms with E-state index in [-0.39, 0.29) is 11.8 Å². The molecule has 3 aromatic heterocycles. The highest BCUT2D eigenvalue weighted by Crippen LogP contribution is 2.27. The van der Waals surface area contributed by atoms with Crippen molar-refractivity contribution >= 4 is 39.9 Å². The molecule has 0 saturated carbocycles. The monoisotopic (exact) mass is 364 g/mol. The first-order chi connectivity index (χ1) is 11.5. The van der Waals surface area contributed by atoms with Gasteiger partial charge in [0.25, 0.3) is 5.91 Å². The number of carbonyl (C=O) groups is 2. The van der Waals surface area contributed by atoms with Gasteiger partial charge in [0, 0.05) is 18.5 Å². The van der Waals surface area contributed by atoms with Gasteiger partial charge in [0.1, 0.15) is 17.1 Å². The summed E-state index contributed by atoms with van der Waals surface area (Å²) in [4.78, 5) is 30.0. The quantitative estimate of drug-likeness (QED) is 0.646. The molecule has 0 unspecified atom stereocenters. The summed E-state index contributed by atoms with van der Waals surface area (Å²) >= 11 is 7.06. The Labute approximate surface area is 146 Å². The number of aromatic amines is 1. The van der Waals surface area contributed by atoms with Crippen LogP contribution in [0.25, 0.3) is 11.5 Å². The van der Waals surface area contributed by atoms with Crippen molar-refractivity contribution in [2.75, 3.05) is 5.32 Å². The maximum Gasteiger partial charge on any atom is 0.273 e. The Morgan fingerprint density at radius 1 is 1.42 bits per heavy atom. The van der Waals surface area contributed by atoms with Crippen molar-refractivity contribution in [1.82, 2.24) is 15.3 Å². The summed E-state index contributed by atoms with van der Waals surface area (Å²) in [5.41, 5.74) is 0.959. The van der Waals surface area contributed by atoms with E-state index in [0.29, 0.717) is 39.6 Å². The van der Waals surface area contributed by atoms with Crippen molar-refractivity contribution in [3.8, 4) is 11.5 Å². The number of amides is 2. The Balaban J connectivity index is 1.67. The molecule has 3 N–H and O–H groups in total. The van der Waals surface area contributed by atoms with Crippen LogP contribution in [0.5, 0.6) is 0 Å². The molecule has 0 aromatic carbocycles. The van der Waals surface area contributed by atoms with E-state index < -0.39 is 0 Å². The molecule has 3 rings (SSSR count). The van der Waals surface area contributed by atoms with Crippen LogP contribution in [0.3, 0.4) is 0 Å². The lowest BCUT2D eigenvalue weighted by Gasteiger charge is -1.98. The highest BCUT2D eigenvalue weighted by molar-refractivity contribution is 7.14. The molecule has 2 amide bonds. The Morgan fingerprint density at radius 2 is 2.25 bits per heavy atom. The molecule has 0 fully saturated rings. The minimum absolute atomic E-state index is 0.129. The first kappa shape index (κ1) is 16.3. The molecule has 9 heteroatoms. The summed E-state index contributed by atoms with van der Waals surface area (Å²) in [6, 6.07) is 5.07. The first-order valence-electron chi connectivity index (χ1n) is 6.95. The number of halogens is 1. The smallest absolute Gasteiger partial charge is 0.273 e. The van der Waals surface area contributed by atoms with Crippen LogP contribution in [0.15, 0.2) is 34.2 Å². The number of rotatable bonds is 5. The molecule has 0 radical (unpaired) electrons. The number of nitrogens with one attached hydrogen (secondary N) is 3. The lowest BCUT2D eigenvalue weighted by molar-refractivity contribution is -0.119. The fourth-order valence-corrected chi connectivity index (χ4v) is 2.79. The van der Waals surface area contributed by atoms with Crippen LogP contribution in [-0.2, 0) is 11.3 Å². The zero-order valence-electron chi connectivity index (χ0n) is 12.6. The van der Waals surface area contributed by atoms with E-state index in [9.17, 15) is 9.59 Å². The molecule has 124 valence electrons. The predicted octanol–water partition coefficient (Wildman–Crippen LogP) is 3.27. The number of hydrogen-bond donors (Lipinski definition) is 3. The van der Waals surface area contributed by atoms with E-state index in [1.807, 2.05) is 0 Å². The summed E-state index contributed by atoms with van der Waals surface area (Å²) in [7, 11) is 0. The summed E-state index contributed by atoms with van der Waals surface area (Å²) in [6.45, 7) is 1.76. The number of furan rings is 1. The van der Waals surface area contributed by atoms with Gasteiger partial charge in [-0.25, -0.2) is 4.98 Å². The Morgan fingerprint density at radius 3 is 2.96 bits per heavy atom. The third-order valence-corrected chi connectivity index (χ3v) is 4.02. The summed E-state index contributed by atoms with van der Waals surface area (Å²) in [6.07, 6.45) is 1.53. The van der Waals surface area contributed by atoms with E-state index >= 15 is 0 Å². The molecule has 0 saturated heterocycles. The fraction of sp³-hybridized carbons (Fsp3) is 0.133. The van der Waals surface area contributed by atoms with Crippen LogP contribution >= 0.6 is 22.9 Å². The molecule has 3 heterocycles. The molecule has 0 bridgehead atoms. The standard InChI is InChI=1S/C15H13ClN4O3S/c1-8(21)17-6-10-2-3-13(23-10)12-7-24-15(19-12)20-14(22)11-4-9(16)5-18-11/h2-5,7,18H,6H2,1H3,(H,17,21)(H,19,20,22). The number of anilines is 1. The second kappa shape index (κ2) is 6.90. The number of hydrogen-bond acceptors (Lipinski definition) is 5. The third kappa shape index (κ3) is 3.84. The van der Waals surface area contributed by atoms with Crippen LogP contribution in [0.2, 0.25) is 5.02 Å². The van der Waals surface area contributed by atoms with Crippen molar-refractivity contribution in [3.05, 3.63) is 46.3 Å². The maximum atomic E-state index is 12.0. The van der Waals surface area contributed by atoms with E-state index in [4.69, 9.17) is 16.0 Å². The fourth-order valence-electron chi connectivity index (χ4n) is 1.93. The van der Waals surface area contributed by atoms with Crippen LogP contribution < -0.4 is 10.6 Å². The second-order valence-electron chi connectivity index (χ2n) is 4.90. The zero-order chi connectivity index (χ0) is 17.1. The Hall–Kier alpha value is -2.58. The van der Waals surface area contributed by atoms with Crippen LogP contribution in [-0.4, -0.2) is 21.8 Å². The summed E-state index contributed by atoms with van der Waals surface area (Å²) in [5, 5.41) is 8.03. The van der Waals surface area contributed by atoms with Gasteiger partial charge in [0.2, 0.25) is 5.91 Å². The van der Waals surface area contributed by atoms with E-state index in [1.165, 1.54) is 30.5 Å². The molecule has 24 heavy (non-hydrogen) atoms. The number of aromatic nitrogens is 2.